The first-order chi connectivity index (χ1) is 10.3. The van der Waals surface area contributed by atoms with Crippen LogP contribution in [0.15, 0.2) is 30.0 Å². The molecular formula is C17H16O5. The number of aromatic hydroxyl groups is 1. The molecule has 5 nitrogen and oxygen atoms in total. The van der Waals surface area contributed by atoms with Crippen molar-refractivity contribution < 1.29 is 24.2 Å². The highest BCUT2D eigenvalue weighted by molar-refractivity contribution is 6.25. The van der Waals surface area contributed by atoms with E-state index < -0.39 is 23.5 Å². The summed E-state index contributed by atoms with van der Waals surface area (Å²) in [5, 5.41) is 9.70. The van der Waals surface area contributed by atoms with E-state index in [-0.39, 0.29) is 11.5 Å². The summed E-state index contributed by atoms with van der Waals surface area (Å²) in [5.74, 6) is -3.08. The summed E-state index contributed by atoms with van der Waals surface area (Å²) in [6, 6.07) is 3.41. The standard InChI is InChI=1S/C17H16O5/c1-9-6-12(7-10(2)16(9)20)4-5-13(18)15-14(19)8-11(3)22-17(15)21/h4-8,15,20H,1-3H3. The van der Waals surface area contributed by atoms with Gasteiger partial charge in [0.25, 0.3) is 0 Å². The van der Waals surface area contributed by atoms with E-state index in [0.29, 0.717) is 16.7 Å². The third kappa shape index (κ3) is 3.14. The molecule has 5 heteroatoms. The third-order valence-electron chi connectivity index (χ3n) is 3.37. The van der Waals surface area contributed by atoms with E-state index in [9.17, 15) is 19.5 Å². The quantitative estimate of drug-likeness (QED) is 0.526. The summed E-state index contributed by atoms with van der Waals surface area (Å²) < 4.78 is 4.81. The van der Waals surface area contributed by atoms with Crippen molar-refractivity contribution in [2.24, 2.45) is 5.92 Å². The Morgan fingerprint density at radius 2 is 1.77 bits per heavy atom. The Balaban J connectivity index is 2.22. The lowest BCUT2D eigenvalue weighted by molar-refractivity contribution is -0.151. The van der Waals surface area contributed by atoms with Gasteiger partial charge in [-0.15, -0.1) is 0 Å². The number of allylic oxidation sites excluding steroid dienone is 3. The van der Waals surface area contributed by atoms with Crippen LogP contribution in [0, 0.1) is 19.8 Å². The van der Waals surface area contributed by atoms with Crippen molar-refractivity contribution in [3.8, 4) is 5.75 Å². The number of ketones is 2. The lowest BCUT2D eigenvalue weighted by Gasteiger charge is -2.15. The minimum absolute atomic E-state index is 0.188. The predicted molar refractivity (Wildman–Crippen MR) is 80.0 cm³/mol. The Labute approximate surface area is 127 Å². The minimum Gasteiger partial charge on any atom is -0.507 e. The van der Waals surface area contributed by atoms with Crippen LogP contribution in [0.2, 0.25) is 0 Å². The molecule has 1 unspecified atom stereocenters. The number of carbonyl (C=O) groups is 3. The highest BCUT2D eigenvalue weighted by Crippen LogP contribution is 2.24. The number of aryl methyl sites for hydroxylation is 2. The van der Waals surface area contributed by atoms with Gasteiger partial charge in [0.2, 0.25) is 0 Å². The molecule has 0 saturated heterocycles. The zero-order valence-electron chi connectivity index (χ0n) is 12.5. The van der Waals surface area contributed by atoms with Crippen LogP contribution in [0.25, 0.3) is 6.08 Å². The van der Waals surface area contributed by atoms with Gasteiger partial charge < -0.3 is 9.84 Å². The molecule has 0 spiro atoms. The Kier molecular flexibility index (Phi) is 4.26. The lowest BCUT2D eigenvalue weighted by Crippen LogP contribution is -2.34. The van der Waals surface area contributed by atoms with Crippen molar-refractivity contribution in [3.63, 3.8) is 0 Å². The van der Waals surface area contributed by atoms with Gasteiger partial charge in [0.05, 0.1) is 0 Å². The first-order valence-corrected chi connectivity index (χ1v) is 6.75. The maximum atomic E-state index is 12.0. The fourth-order valence-electron chi connectivity index (χ4n) is 2.26. The van der Waals surface area contributed by atoms with E-state index in [2.05, 4.69) is 0 Å². The van der Waals surface area contributed by atoms with Crippen LogP contribution < -0.4 is 0 Å². The van der Waals surface area contributed by atoms with Gasteiger partial charge in [-0.2, -0.15) is 0 Å². The molecular weight excluding hydrogens is 284 g/mol. The topological polar surface area (TPSA) is 80.7 Å². The number of ether oxygens (including phenoxy) is 1. The molecule has 1 heterocycles. The van der Waals surface area contributed by atoms with Gasteiger partial charge in [-0.3, -0.25) is 14.4 Å². The van der Waals surface area contributed by atoms with Crippen LogP contribution in [-0.2, 0) is 19.1 Å². The molecule has 2 rings (SSSR count). The average molecular weight is 300 g/mol. The smallest absolute Gasteiger partial charge is 0.329 e. The van der Waals surface area contributed by atoms with Gasteiger partial charge in [0.1, 0.15) is 11.5 Å². The van der Waals surface area contributed by atoms with Crippen molar-refractivity contribution in [1.82, 2.24) is 0 Å². The number of cyclic esters (lactones) is 1. The number of rotatable bonds is 3. The first kappa shape index (κ1) is 15.7. The van der Waals surface area contributed by atoms with Crippen LogP contribution in [0.3, 0.4) is 0 Å². The second kappa shape index (κ2) is 5.97. The van der Waals surface area contributed by atoms with Crippen LogP contribution in [0.4, 0.5) is 0 Å². The fourth-order valence-corrected chi connectivity index (χ4v) is 2.26. The highest BCUT2D eigenvalue weighted by Gasteiger charge is 2.36. The third-order valence-corrected chi connectivity index (χ3v) is 3.37. The van der Waals surface area contributed by atoms with Crippen molar-refractivity contribution in [2.75, 3.05) is 0 Å². The molecule has 1 N–H and O–H groups in total. The number of hydrogen-bond donors (Lipinski definition) is 1. The van der Waals surface area contributed by atoms with E-state index in [1.54, 1.807) is 26.0 Å². The largest absolute Gasteiger partial charge is 0.507 e. The molecule has 0 radical (unpaired) electrons. The van der Waals surface area contributed by atoms with Gasteiger partial charge in [-0.1, -0.05) is 6.08 Å². The summed E-state index contributed by atoms with van der Waals surface area (Å²) in [6.07, 6.45) is 3.84. The first-order valence-electron chi connectivity index (χ1n) is 6.75. The van der Waals surface area contributed by atoms with Crippen molar-refractivity contribution >= 4 is 23.6 Å². The Morgan fingerprint density at radius 1 is 1.18 bits per heavy atom. The Hall–Kier alpha value is -2.69. The molecule has 0 amide bonds. The van der Waals surface area contributed by atoms with Crippen molar-refractivity contribution in [2.45, 2.75) is 20.8 Å². The van der Waals surface area contributed by atoms with Gasteiger partial charge in [-0.05, 0) is 55.7 Å². The summed E-state index contributed by atoms with van der Waals surface area (Å²) in [5.41, 5.74) is 2.06. The molecule has 0 aromatic heterocycles. The second-order valence-corrected chi connectivity index (χ2v) is 5.25. The Morgan fingerprint density at radius 3 is 2.32 bits per heavy atom. The average Bonchev–Trinajstić information content (AvgIpc) is 2.41. The molecule has 0 saturated carbocycles. The zero-order chi connectivity index (χ0) is 16.4. The van der Waals surface area contributed by atoms with Gasteiger partial charge in [0.15, 0.2) is 17.5 Å². The summed E-state index contributed by atoms with van der Waals surface area (Å²) in [6.45, 7) is 4.97. The van der Waals surface area contributed by atoms with Crippen molar-refractivity contribution in [3.05, 3.63) is 46.7 Å². The molecule has 1 aromatic carbocycles. The van der Waals surface area contributed by atoms with Crippen molar-refractivity contribution in [1.29, 1.82) is 0 Å². The fraction of sp³-hybridized carbons (Fsp3) is 0.235. The van der Waals surface area contributed by atoms with E-state index in [1.165, 1.54) is 19.1 Å². The maximum absolute atomic E-state index is 12.0. The molecule has 0 bridgehead atoms. The van der Waals surface area contributed by atoms with Gasteiger partial charge in [0, 0.05) is 6.08 Å². The number of carbonyl (C=O) groups excluding carboxylic acids is 3. The molecule has 0 fully saturated rings. The summed E-state index contributed by atoms with van der Waals surface area (Å²) in [4.78, 5) is 35.5. The molecule has 22 heavy (non-hydrogen) atoms. The van der Waals surface area contributed by atoms with E-state index in [4.69, 9.17) is 4.74 Å². The SMILES string of the molecule is CC1=CC(=O)C(C(=O)C=Cc2cc(C)c(O)c(C)c2)C(=O)O1. The number of benzene rings is 1. The molecule has 1 aliphatic rings. The monoisotopic (exact) mass is 300 g/mol. The number of phenols is 1. The van der Waals surface area contributed by atoms with Crippen LogP contribution >= 0.6 is 0 Å². The number of phenolic OH excluding ortho intramolecular Hbond substituents is 1. The van der Waals surface area contributed by atoms with Gasteiger partial charge in [-0.25, -0.2) is 0 Å². The normalized spacial score (nSPS) is 18.3. The number of esters is 1. The van der Waals surface area contributed by atoms with E-state index >= 15 is 0 Å². The van der Waals surface area contributed by atoms with Crippen LogP contribution in [-0.4, -0.2) is 22.6 Å². The Bertz CT molecular complexity index is 702. The van der Waals surface area contributed by atoms with Gasteiger partial charge >= 0.3 is 5.97 Å². The summed E-state index contributed by atoms with van der Waals surface area (Å²) in [7, 11) is 0. The molecule has 114 valence electrons. The van der Waals surface area contributed by atoms with E-state index in [0.717, 1.165) is 6.08 Å². The zero-order valence-corrected chi connectivity index (χ0v) is 12.5. The lowest BCUT2D eigenvalue weighted by atomic mass is 9.95. The summed E-state index contributed by atoms with van der Waals surface area (Å²) >= 11 is 0. The predicted octanol–water partition coefficient (Wildman–Crippen LogP) is 2.24. The molecule has 1 aliphatic heterocycles. The van der Waals surface area contributed by atoms with E-state index in [1.807, 2.05) is 0 Å². The second-order valence-electron chi connectivity index (χ2n) is 5.25. The number of hydrogen-bond acceptors (Lipinski definition) is 5. The van der Waals surface area contributed by atoms with Crippen LogP contribution in [0.5, 0.6) is 5.75 Å². The van der Waals surface area contributed by atoms with Crippen LogP contribution in [0.1, 0.15) is 23.6 Å². The molecule has 1 aromatic rings. The maximum Gasteiger partial charge on any atom is 0.329 e. The molecule has 0 aliphatic carbocycles. The minimum atomic E-state index is -1.43. The highest BCUT2D eigenvalue weighted by atomic mass is 16.5. The molecule has 1 atom stereocenters.